The lowest BCUT2D eigenvalue weighted by Gasteiger charge is -2.08. The second kappa shape index (κ2) is 10.3. The van der Waals surface area contributed by atoms with E-state index in [1.807, 2.05) is 6.07 Å². The molecule has 11 aromatic rings. The minimum Gasteiger partial charge on any atom is -0.278 e. The number of benzene rings is 7. The molecule has 11 rings (SSSR count). The molecular weight excluding hydrogens is 613 g/mol. The molecule has 0 spiro atoms. The average Bonchev–Trinajstić information content (AvgIpc) is 3.91. The Hall–Kier alpha value is -6.92. The number of para-hydroxylation sites is 5. The second-order valence-electron chi connectivity index (χ2n) is 12.8. The third kappa shape index (κ3) is 3.84. The molecule has 0 amide bonds. The van der Waals surface area contributed by atoms with Crippen molar-refractivity contribution < 1.29 is 0 Å². The Kier molecular flexibility index (Phi) is 5.57. The van der Waals surface area contributed by atoms with Gasteiger partial charge in [0.25, 0.3) is 0 Å². The predicted molar refractivity (Wildman–Crippen MR) is 203 cm³/mol. The Labute approximate surface area is 286 Å². The van der Waals surface area contributed by atoms with Crippen molar-refractivity contribution in [2.24, 2.45) is 0 Å². The highest BCUT2D eigenvalue weighted by Crippen LogP contribution is 2.35. The molecule has 0 saturated carbocycles. The van der Waals surface area contributed by atoms with E-state index in [0.717, 1.165) is 78.2 Å². The van der Waals surface area contributed by atoms with E-state index >= 15 is 0 Å². The Morgan fingerprint density at radius 3 is 1.52 bits per heavy atom. The standard InChI is InChI=1S/C44H28N6/c1-3-11-29(12-4-1)30-19-23-34(24-20-30)48-40-26-22-32(28-42(40)49-37-16-8-7-15-35(37)45-43(48)49)31-21-25-36-41(27-31)50-39-18-10-9-17-38(39)47(44(50)46-36)33-13-5-2-6-14-33/h1-28H. The fourth-order valence-electron chi connectivity index (χ4n) is 7.68. The largest absolute Gasteiger partial charge is 0.278 e. The predicted octanol–water partition coefficient (Wildman–Crippen LogP) is 10.5. The Morgan fingerprint density at radius 1 is 0.300 bits per heavy atom. The van der Waals surface area contributed by atoms with E-state index in [9.17, 15) is 0 Å². The number of nitrogens with zero attached hydrogens (tertiary/aromatic N) is 6. The van der Waals surface area contributed by atoms with Gasteiger partial charge in [-0.2, -0.15) is 0 Å². The molecular formula is C44H28N6. The molecule has 6 heteroatoms. The molecule has 4 heterocycles. The van der Waals surface area contributed by atoms with E-state index in [-0.39, 0.29) is 0 Å². The Balaban J connectivity index is 1.12. The van der Waals surface area contributed by atoms with Gasteiger partial charge in [-0.15, -0.1) is 0 Å². The molecule has 0 N–H and O–H groups in total. The van der Waals surface area contributed by atoms with Crippen LogP contribution < -0.4 is 0 Å². The van der Waals surface area contributed by atoms with Crippen molar-refractivity contribution in [2.75, 3.05) is 0 Å². The molecule has 4 aromatic heterocycles. The highest BCUT2D eigenvalue weighted by molar-refractivity contribution is 5.97. The van der Waals surface area contributed by atoms with Crippen molar-refractivity contribution in [1.82, 2.24) is 27.9 Å². The van der Waals surface area contributed by atoms with Crippen LogP contribution in [0.3, 0.4) is 0 Å². The first-order valence-electron chi connectivity index (χ1n) is 16.9. The summed E-state index contributed by atoms with van der Waals surface area (Å²) in [6.07, 6.45) is 0. The first-order valence-corrected chi connectivity index (χ1v) is 16.9. The summed E-state index contributed by atoms with van der Waals surface area (Å²) in [6, 6.07) is 60.0. The number of hydrogen-bond donors (Lipinski definition) is 0. The molecule has 6 nitrogen and oxygen atoms in total. The lowest BCUT2D eigenvalue weighted by Crippen LogP contribution is -1.95. The third-order valence-corrected chi connectivity index (χ3v) is 9.98. The van der Waals surface area contributed by atoms with Gasteiger partial charge in [0.15, 0.2) is 0 Å². The summed E-state index contributed by atoms with van der Waals surface area (Å²) in [6.45, 7) is 0. The molecule has 0 fully saturated rings. The lowest BCUT2D eigenvalue weighted by atomic mass is 10.0. The summed E-state index contributed by atoms with van der Waals surface area (Å²) >= 11 is 0. The third-order valence-electron chi connectivity index (χ3n) is 9.98. The zero-order valence-corrected chi connectivity index (χ0v) is 26.8. The highest BCUT2D eigenvalue weighted by atomic mass is 15.2. The summed E-state index contributed by atoms with van der Waals surface area (Å²) in [5.41, 5.74) is 15.4. The summed E-state index contributed by atoms with van der Waals surface area (Å²) in [7, 11) is 0. The second-order valence-corrected chi connectivity index (χ2v) is 12.8. The lowest BCUT2D eigenvalue weighted by molar-refractivity contribution is 1.11. The van der Waals surface area contributed by atoms with Gasteiger partial charge >= 0.3 is 0 Å². The van der Waals surface area contributed by atoms with E-state index in [1.165, 1.54) is 11.1 Å². The van der Waals surface area contributed by atoms with Crippen LogP contribution in [0.25, 0.3) is 89.3 Å². The molecule has 0 saturated heterocycles. The monoisotopic (exact) mass is 640 g/mol. The van der Waals surface area contributed by atoms with Crippen LogP contribution in [0.1, 0.15) is 0 Å². The maximum atomic E-state index is 5.15. The topological polar surface area (TPSA) is 44.5 Å². The zero-order chi connectivity index (χ0) is 32.8. The van der Waals surface area contributed by atoms with Crippen LogP contribution >= 0.6 is 0 Å². The van der Waals surface area contributed by atoms with Crippen molar-refractivity contribution in [2.45, 2.75) is 0 Å². The quantitative estimate of drug-likeness (QED) is 0.192. The summed E-state index contributed by atoms with van der Waals surface area (Å²) in [5.74, 6) is 1.80. The van der Waals surface area contributed by atoms with Gasteiger partial charge in [-0.1, -0.05) is 97.1 Å². The van der Waals surface area contributed by atoms with Crippen molar-refractivity contribution in [3.8, 4) is 33.6 Å². The Morgan fingerprint density at radius 2 is 0.780 bits per heavy atom. The van der Waals surface area contributed by atoms with Gasteiger partial charge in [-0.05, 0) is 95.1 Å². The molecule has 0 radical (unpaired) electrons. The zero-order valence-electron chi connectivity index (χ0n) is 26.8. The molecule has 0 aliphatic heterocycles. The minimum absolute atomic E-state index is 0.896. The maximum Gasteiger partial charge on any atom is 0.220 e. The fraction of sp³-hybridized carbons (Fsp3) is 0. The summed E-state index contributed by atoms with van der Waals surface area (Å²) in [4.78, 5) is 10.3. The smallest absolute Gasteiger partial charge is 0.220 e. The van der Waals surface area contributed by atoms with Gasteiger partial charge in [0, 0.05) is 11.4 Å². The van der Waals surface area contributed by atoms with Crippen LogP contribution in [-0.2, 0) is 0 Å². The van der Waals surface area contributed by atoms with Crippen LogP contribution in [0, 0.1) is 0 Å². The number of rotatable bonds is 4. The van der Waals surface area contributed by atoms with Gasteiger partial charge in [0.2, 0.25) is 11.6 Å². The number of imidazole rings is 4. The molecule has 0 bridgehead atoms. The number of hydrogen-bond acceptors (Lipinski definition) is 2. The van der Waals surface area contributed by atoms with Crippen molar-refractivity contribution in [1.29, 1.82) is 0 Å². The molecule has 0 atom stereocenters. The van der Waals surface area contributed by atoms with E-state index in [4.69, 9.17) is 9.97 Å². The molecule has 0 aliphatic carbocycles. The SMILES string of the molecule is c1ccc(-c2ccc(-n3c4ccc(-c5ccc6nc7n(-c8ccccc8)c8ccccc8n7c6c5)cc4n4c5ccccc5nc34)cc2)cc1. The van der Waals surface area contributed by atoms with Gasteiger partial charge in [-0.3, -0.25) is 17.9 Å². The first kappa shape index (κ1) is 27.1. The molecule has 7 aromatic carbocycles. The van der Waals surface area contributed by atoms with E-state index in [2.05, 4.69) is 182 Å². The highest BCUT2D eigenvalue weighted by Gasteiger charge is 2.20. The molecule has 0 unspecified atom stereocenters. The van der Waals surface area contributed by atoms with Crippen molar-refractivity contribution >= 4 is 55.7 Å². The number of fused-ring (bicyclic) bond motifs is 10. The van der Waals surface area contributed by atoms with E-state index < -0.39 is 0 Å². The van der Waals surface area contributed by atoms with Crippen molar-refractivity contribution in [3.05, 3.63) is 170 Å². The van der Waals surface area contributed by atoms with Crippen LogP contribution in [0.2, 0.25) is 0 Å². The number of aromatic nitrogens is 6. The average molecular weight is 641 g/mol. The minimum atomic E-state index is 0.896. The van der Waals surface area contributed by atoms with Gasteiger partial charge in [-0.25, -0.2) is 9.97 Å². The maximum absolute atomic E-state index is 5.15. The summed E-state index contributed by atoms with van der Waals surface area (Å²) < 4.78 is 9.10. The van der Waals surface area contributed by atoms with Gasteiger partial charge in [0.05, 0.1) is 44.1 Å². The van der Waals surface area contributed by atoms with E-state index in [0.29, 0.717) is 0 Å². The van der Waals surface area contributed by atoms with Crippen LogP contribution in [0.4, 0.5) is 0 Å². The fourth-order valence-corrected chi connectivity index (χ4v) is 7.68. The van der Waals surface area contributed by atoms with Crippen LogP contribution in [0.5, 0.6) is 0 Å². The summed E-state index contributed by atoms with van der Waals surface area (Å²) in [5, 5.41) is 0. The van der Waals surface area contributed by atoms with Crippen molar-refractivity contribution in [3.63, 3.8) is 0 Å². The Bertz CT molecular complexity index is 3070. The van der Waals surface area contributed by atoms with Gasteiger partial charge < -0.3 is 0 Å². The normalized spacial score (nSPS) is 12.0. The van der Waals surface area contributed by atoms with Crippen LogP contribution in [-0.4, -0.2) is 27.9 Å². The molecule has 234 valence electrons. The van der Waals surface area contributed by atoms with Gasteiger partial charge in [0.1, 0.15) is 0 Å². The molecule has 0 aliphatic rings. The first-order chi connectivity index (χ1) is 24.8. The van der Waals surface area contributed by atoms with Crippen LogP contribution in [0.15, 0.2) is 170 Å². The molecule has 50 heavy (non-hydrogen) atoms. The van der Waals surface area contributed by atoms with E-state index in [1.54, 1.807) is 0 Å².